The van der Waals surface area contributed by atoms with Gasteiger partial charge >= 0.3 is 0 Å². The number of piperidine rings is 1. The van der Waals surface area contributed by atoms with Gasteiger partial charge in [-0.3, -0.25) is 0 Å². The molecule has 1 saturated heterocycles. The highest BCUT2D eigenvalue weighted by atomic mass is 32.1. The molecule has 0 amide bonds. The number of thiocarbonyl (C=S) groups is 1. The summed E-state index contributed by atoms with van der Waals surface area (Å²) >= 11 is 5.04. The first-order chi connectivity index (χ1) is 7.74. The lowest BCUT2D eigenvalue weighted by Crippen LogP contribution is -2.41. The molecule has 1 heterocycles. The van der Waals surface area contributed by atoms with Gasteiger partial charge in [0, 0.05) is 26.1 Å². The number of likely N-dealkylation sites (tertiary alicyclic amines) is 1. The van der Waals surface area contributed by atoms with Crippen LogP contribution in [0.4, 0.5) is 0 Å². The summed E-state index contributed by atoms with van der Waals surface area (Å²) in [6.45, 7) is 5.17. The largest absolute Gasteiger partial charge is 0.393 e. The molecule has 0 spiro atoms. The monoisotopic (exact) mass is 246 g/mol. The van der Waals surface area contributed by atoms with E-state index < -0.39 is 0 Å². The van der Waals surface area contributed by atoms with Gasteiger partial charge in [-0.25, -0.2) is 0 Å². The number of methoxy groups -OCH3 is 1. The van der Waals surface area contributed by atoms with E-state index in [2.05, 4.69) is 4.90 Å². The second-order valence-corrected chi connectivity index (χ2v) is 4.62. The Morgan fingerprint density at radius 3 is 2.94 bits per heavy atom. The minimum absolute atomic E-state index is 0.391. The number of hydrogen-bond donors (Lipinski definition) is 1. The number of nitrogens with zero attached hydrogens (tertiary/aromatic N) is 1. The Balaban J connectivity index is 2.10. The maximum absolute atomic E-state index is 5.68. The van der Waals surface area contributed by atoms with E-state index in [4.69, 9.17) is 27.4 Å². The fourth-order valence-corrected chi connectivity index (χ4v) is 2.12. The molecule has 2 N–H and O–H groups in total. The smallest absolute Gasteiger partial charge is 0.0771 e. The van der Waals surface area contributed by atoms with Crippen molar-refractivity contribution in [2.75, 3.05) is 46.6 Å². The molecule has 1 unspecified atom stereocenters. The summed E-state index contributed by atoms with van der Waals surface area (Å²) in [5.41, 5.74) is 5.68. The van der Waals surface area contributed by atoms with Crippen molar-refractivity contribution in [2.45, 2.75) is 12.8 Å². The van der Waals surface area contributed by atoms with Crippen LogP contribution < -0.4 is 5.73 Å². The van der Waals surface area contributed by atoms with Gasteiger partial charge in [0.05, 0.1) is 24.8 Å². The minimum Gasteiger partial charge on any atom is -0.393 e. The molecule has 4 nitrogen and oxygen atoms in total. The molecule has 1 fully saturated rings. The van der Waals surface area contributed by atoms with Crippen molar-refractivity contribution >= 4 is 17.2 Å². The van der Waals surface area contributed by atoms with E-state index in [9.17, 15) is 0 Å². The van der Waals surface area contributed by atoms with Crippen molar-refractivity contribution in [2.24, 2.45) is 11.7 Å². The Kier molecular flexibility index (Phi) is 6.87. The molecular formula is C11H22N2O2S. The Morgan fingerprint density at radius 1 is 1.44 bits per heavy atom. The molecule has 0 aromatic heterocycles. The zero-order chi connectivity index (χ0) is 11.8. The van der Waals surface area contributed by atoms with Crippen molar-refractivity contribution in [3.63, 3.8) is 0 Å². The van der Waals surface area contributed by atoms with E-state index in [1.807, 2.05) is 0 Å². The predicted octanol–water partition coefficient (Wildman–Crippen LogP) is 0.648. The first-order valence-corrected chi connectivity index (χ1v) is 6.23. The minimum atomic E-state index is 0.391. The molecule has 1 aliphatic rings. The van der Waals surface area contributed by atoms with Crippen LogP contribution in [0.3, 0.4) is 0 Å². The summed E-state index contributed by atoms with van der Waals surface area (Å²) in [5.74, 6) is 0.391. The van der Waals surface area contributed by atoms with Gasteiger partial charge in [-0.2, -0.15) is 0 Å². The summed E-state index contributed by atoms with van der Waals surface area (Å²) in [7, 11) is 1.68. The highest BCUT2D eigenvalue weighted by Crippen LogP contribution is 2.16. The van der Waals surface area contributed by atoms with Gasteiger partial charge in [0.2, 0.25) is 0 Å². The van der Waals surface area contributed by atoms with Crippen LogP contribution >= 0.6 is 12.2 Å². The van der Waals surface area contributed by atoms with Crippen molar-refractivity contribution < 1.29 is 9.47 Å². The van der Waals surface area contributed by atoms with Gasteiger partial charge in [-0.1, -0.05) is 12.2 Å². The lowest BCUT2D eigenvalue weighted by molar-refractivity contribution is 0.0523. The predicted molar refractivity (Wildman–Crippen MR) is 68.6 cm³/mol. The topological polar surface area (TPSA) is 47.7 Å². The third kappa shape index (κ3) is 5.21. The molecular weight excluding hydrogens is 224 g/mol. The molecule has 1 rings (SSSR count). The number of rotatable bonds is 7. The standard InChI is InChI=1S/C11H22N2O2S/c1-14-7-8-15-6-5-13-4-2-3-10(9-13)11(12)16/h10H,2-9H2,1H3,(H2,12,16). The van der Waals surface area contributed by atoms with Gasteiger partial charge in [0.25, 0.3) is 0 Å². The zero-order valence-corrected chi connectivity index (χ0v) is 10.8. The summed E-state index contributed by atoms with van der Waals surface area (Å²) in [4.78, 5) is 3.03. The van der Waals surface area contributed by atoms with Crippen molar-refractivity contribution in [3.05, 3.63) is 0 Å². The molecule has 0 bridgehead atoms. The Hall–Kier alpha value is -0.230. The Bertz CT molecular complexity index is 214. The fourth-order valence-electron chi connectivity index (χ4n) is 1.93. The molecule has 1 atom stereocenters. The average Bonchev–Trinajstić information content (AvgIpc) is 2.29. The van der Waals surface area contributed by atoms with Crippen LogP contribution in [0.25, 0.3) is 0 Å². The first kappa shape index (κ1) is 13.8. The lowest BCUT2D eigenvalue weighted by Gasteiger charge is -2.31. The Labute approximate surface area is 103 Å². The highest BCUT2D eigenvalue weighted by molar-refractivity contribution is 7.80. The average molecular weight is 246 g/mol. The Morgan fingerprint density at radius 2 is 2.25 bits per heavy atom. The van der Waals surface area contributed by atoms with E-state index in [-0.39, 0.29) is 0 Å². The van der Waals surface area contributed by atoms with Crippen LogP contribution in [0.1, 0.15) is 12.8 Å². The van der Waals surface area contributed by atoms with Gasteiger partial charge in [-0.15, -0.1) is 0 Å². The molecule has 0 radical (unpaired) electrons. The number of ether oxygens (including phenoxy) is 2. The maximum Gasteiger partial charge on any atom is 0.0771 e. The van der Waals surface area contributed by atoms with Gasteiger partial charge < -0.3 is 20.1 Å². The maximum atomic E-state index is 5.68. The molecule has 0 aromatic rings. The van der Waals surface area contributed by atoms with E-state index in [1.54, 1.807) is 7.11 Å². The van der Waals surface area contributed by atoms with Crippen LogP contribution in [-0.2, 0) is 9.47 Å². The fraction of sp³-hybridized carbons (Fsp3) is 0.909. The van der Waals surface area contributed by atoms with Crippen LogP contribution in [0.5, 0.6) is 0 Å². The van der Waals surface area contributed by atoms with Gasteiger partial charge in [0.15, 0.2) is 0 Å². The van der Waals surface area contributed by atoms with Gasteiger partial charge in [0.1, 0.15) is 0 Å². The van der Waals surface area contributed by atoms with E-state index in [0.29, 0.717) is 24.1 Å². The third-order valence-electron chi connectivity index (χ3n) is 2.89. The van der Waals surface area contributed by atoms with Crippen LogP contribution in [0.2, 0.25) is 0 Å². The van der Waals surface area contributed by atoms with E-state index in [1.165, 1.54) is 6.42 Å². The van der Waals surface area contributed by atoms with Crippen LogP contribution in [-0.4, -0.2) is 56.5 Å². The SMILES string of the molecule is COCCOCCN1CCCC(C(N)=S)C1. The molecule has 1 aliphatic heterocycles. The molecule has 0 aromatic carbocycles. The van der Waals surface area contributed by atoms with E-state index in [0.717, 1.165) is 32.7 Å². The number of hydrogen-bond acceptors (Lipinski definition) is 4. The molecule has 0 saturated carbocycles. The molecule has 94 valence electrons. The third-order valence-corrected chi connectivity index (χ3v) is 3.22. The quantitative estimate of drug-likeness (QED) is 0.528. The highest BCUT2D eigenvalue weighted by Gasteiger charge is 2.21. The first-order valence-electron chi connectivity index (χ1n) is 5.82. The summed E-state index contributed by atoms with van der Waals surface area (Å²) in [5, 5.41) is 0. The summed E-state index contributed by atoms with van der Waals surface area (Å²) in [6.07, 6.45) is 2.32. The molecule has 0 aliphatic carbocycles. The van der Waals surface area contributed by atoms with Crippen LogP contribution in [0, 0.1) is 5.92 Å². The summed E-state index contributed by atoms with van der Waals surface area (Å²) < 4.78 is 10.4. The summed E-state index contributed by atoms with van der Waals surface area (Å²) in [6, 6.07) is 0. The van der Waals surface area contributed by atoms with E-state index >= 15 is 0 Å². The van der Waals surface area contributed by atoms with Crippen molar-refractivity contribution in [1.29, 1.82) is 0 Å². The second-order valence-electron chi connectivity index (χ2n) is 4.15. The van der Waals surface area contributed by atoms with Gasteiger partial charge in [-0.05, 0) is 19.4 Å². The molecule has 5 heteroatoms. The number of nitrogens with two attached hydrogens (primary N) is 1. The molecule has 16 heavy (non-hydrogen) atoms. The lowest BCUT2D eigenvalue weighted by atomic mass is 9.98. The normalized spacial score (nSPS) is 22.2. The van der Waals surface area contributed by atoms with Crippen molar-refractivity contribution in [3.8, 4) is 0 Å². The van der Waals surface area contributed by atoms with Crippen molar-refractivity contribution in [1.82, 2.24) is 4.90 Å². The van der Waals surface area contributed by atoms with Crippen LogP contribution in [0.15, 0.2) is 0 Å². The zero-order valence-electron chi connectivity index (χ0n) is 9.98. The second kappa shape index (κ2) is 7.95.